The van der Waals surface area contributed by atoms with Crippen molar-refractivity contribution in [2.24, 2.45) is 29.1 Å². The van der Waals surface area contributed by atoms with Crippen molar-refractivity contribution in [2.45, 2.75) is 89.7 Å². The van der Waals surface area contributed by atoms with Crippen molar-refractivity contribution >= 4 is 11.7 Å². The second-order valence-electron chi connectivity index (χ2n) is 11.7. The summed E-state index contributed by atoms with van der Waals surface area (Å²) >= 11 is 0. The van der Waals surface area contributed by atoms with Gasteiger partial charge in [-0.15, -0.1) is 0 Å². The van der Waals surface area contributed by atoms with Crippen molar-refractivity contribution in [1.82, 2.24) is 14.9 Å². The lowest BCUT2D eigenvalue weighted by molar-refractivity contribution is -0.137. The molecular formula is C26H38N4O2. The third-order valence-electron chi connectivity index (χ3n) is 9.53. The predicted molar refractivity (Wildman–Crippen MR) is 123 cm³/mol. The summed E-state index contributed by atoms with van der Waals surface area (Å²) in [6.07, 6.45) is 15.6. The SMILES string of the molecule is O=C(C1CCCCC1)N1CCc2c(ncnc2NCC(O)C23CC4CC(CC(C4)C2)C3)C1. The summed E-state index contributed by atoms with van der Waals surface area (Å²) in [4.78, 5) is 24.1. The number of amides is 1. The standard InChI is InChI=1S/C26H38N4O2/c31-23(26-11-17-8-18(12-26)10-19(9-17)13-26)14-27-24-21-6-7-30(15-22(21)28-16-29-24)25(32)20-4-2-1-3-5-20/h16-20,23,31H,1-15H2,(H,27,28,29). The average Bonchev–Trinajstić information content (AvgIpc) is 2.81. The number of aromatic nitrogens is 2. The van der Waals surface area contributed by atoms with Gasteiger partial charge in [-0.25, -0.2) is 9.97 Å². The van der Waals surface area contributed by atoms with Gasteiger partial charge in [0.2, 0.25) is 5.91 Å². The Kier molecular flexibility index (Phi) is 5.39. The largest absolute Gasteiger partial charge is 0.391 e. The molecule has 0 aromatic carbocycles. The number of hydrogen-bond acceptors (Lipinski definition) is 5. The van der Waals surface area contributed by atoms with Crippen LogP contribution < -0.4 is 5.32 Å². The number of anilines is 1. The zero-order valence-corrected chi connectivity index (χ0v) is 19.3. The second kappa shape index (κ2) is 8.27. The molecule has 2 N–H and O–H groups in total. The highest BCUT2D eigenvalue weighted by atomic mass is 16.3. The van der Waals surface area contributed by atoms with E-state index in [1.807, 2.05) is 4.90 Å². The first-order valence-corrected chi connectivity index (χ1v) is 13.1. The lowest BCUT2D eigenvalue weighted by Gasteiger charge is -2.58. The predicted octanol–water partition coefficient (Wildman–Crippen LogP) is 3.93. The van der Waals surface area contributed by atoms with E-state index in [2.05, 4.69) is 15.3 Å². The van der Waals surface area contributed by atoms with E-state index >= 15 is 0 Å². The number of hydrogen-bond donors (Lipinski definition) is 2. The van der Waals surface area contributed by atoms with Crippen LogP contribution in [0, 0.1) is 29.1 Å². The van der Waals surface area contributed by atoms with E-state index in [-0.39, 0.29) is 17.4 Å². The van der Waals surface area contributed by atoms with Crippen LogP contribution in [-0.4, -0.2) is 45.1 Å². The minimum absolute atomic E-state index is 0.123. The van der Waals surface area contributed by atoms with Crippen LogP contribution in [0.15, 0.2) is 6.33 Å². The molecule has 1 aliphatic heterocycles. The highest BCUT2D eigenvalue weighted by Crippen LogP contribution is 2.61. The number of aliphatic hydroxyl groups excluding tert-OH is 1. The molecule has 2 heterocycles. The maximum atomic E-state index is 13.0. The average molecular weight is 439 g/mol. The maximum Gasteiger partial charge on any atom is 0.226 e. The minimum atomic E-state index is -0.311. The van der Waals surface area contributed by atoms with Crippen molar-refractivity contribution in [3.63, 3.8) is 0 Å². The third-order valence-corrected chi connectivity index (χ3v) is 9.53. The van der Waals surface area contributed by atoms with Crippen molar-refractivity contribution in [1.29, 1.82) is 0 Å². The zero-order chi connectivity index (χ0) is 21.7. The molecule has 0 radical (unpaired) electrons. The van der Waals surface area contributed by atoms with Crippen molar-refractivity contribution < 1.29 is 9.90 Å². The van der Waals surface area contributed by atoms with Gasteiger partial charge >= 0.3 is 0 Å². The molecule has 5 fully saturated rings. The van der Waals surface area contributed by atoms with Crippen molar-refractivity contribution in [3.8, 4) is 0 Å². The summed E-state index contributed by atoms with van der Waals surface area (Å²) < 4.78 is 0. The van der Waals surface area contributed by atoms with Gasteiger partial charge in [0.05, 0.1) is 18.3 Å². The number of carbonyl (C=O) groups is 1. The molecule has 7 rings (SSSR count). The third kappa shape index (κ3) is 3.72. The molecule has 5 aliphatic carbocycles. The molecule has 1 aromatic heterocycles. The van der Waals surface area contributed by atoms with Gasteiger partial charge in [0.1, 0.15) is 12.1 Å². The monoisotopic (exact) mass is 438 g/mol. The minimum Gasteiger partial charge on any atom is -0.391 e. The lowest BCUT2D eigenvalue weighted by atomic mass is 9.48. The molecule has 6 aliphatic rings. The first kappa shape index (κ1) is 20.9. The molecule has 32 heavy (non-hydrogen) atoms. The van der Waals surface area contributed by atoms with E-state index in [9.17, 15) is 9.90 Å². The Bertz CT molecular complexity index is 830. The van der Waals surface area contributed by atoms with Gasteiger partial charge < -0.3 is 15.3 Å². The van der Waals surface area contributed by atoms with Crippen LogP contribution in [0.2, 0.25) is 0 Å². The summed E-state index contributed by atoms with van der Waals surface area (Å²) in [6, 6.07) is 0. The van der Waals surface area contributed by atoms with Crippen LogP contribution in [-0.2, 0) is 17.8 Å². The first-order chi connectivity index (χ1) is 15.6. The van der Waals surface area contributed by atoms with Crippen molar-refractivity contribution in [3.05, 3.63) is 17.6 Å². The quantitative estimate of drug-likeness (QED) is 0.728. The Morgan fingerprint density at radius 3 is 2.47 bits per heavy atom. The number of rotatable bonds is 5. The molecule has 0 saturated heterocycles. The molecule has 1 atom stereocenters. The first-order valence-electron chi connectivity index (χ1n) is 13.1. The number of aliphatic hydroxyl groups is 1. The van der Waals surface area contributed by atoms with E-state index in [1.165, 1.54) is 57.8 Å². The fourth-order valence-corrected chi connectivity index (χ4v) is 8.30. The molecule has 4 bridgehead atoms. The zero-order valence-electron chi connectivity index (χ0n) is 19.3. The van der Waals surface area contributed by atoms with Gasteiger partial charge in [-0.3, -0.25) is 4.79 Å². The summed E-state index contributed by atoms with van der Waals surface area (Å²) in [5.41, 5.74) is 2.23. The van der Waals surface area contributed by atoms with Gasteiger partial charge in [-0.05, 0) is 81.0 Å². The molecule has 0 spiro atoms. The van der Waals surface area contributed by atoms with Gasteiger partial charge in [0.15, 0.2) is 0 Å². The van der Waals surface area contributed by atoms with E-state index in [0.717, 1.165) is 60.6 Å². The number of carbonyl (C=O) groups excluding carboxylic acids is 1. The van der Waals surface area contributed by atoms with Crippen LogP contribution in [0.1, 0.15) is 81.9 Å². The van der Waals surface area contributed by atoms with Gasteiger partial charge in [-0.2, -0.15) is 0 Å². The van der Waals surface area contributed by atoms with Gasteiger partial charge in [-0.1, -0.05) is 19.3 Å². The lowest BCUT2D eigenvalue weighted by Crippen LogP contribution is -2.53. The summed E-state index contributed by atoms with van der Waals surface area (Å²) in [7, 11) is 0. The second-order valence-corrected chi connectivity index (χ2v) is 11.7. The molecule has 1 unspecified atom stereocenters. The smallest absolute Gasteiger partial charge is 0.226 e. The summed E-state index contributed by atoms with van der Waals surface area (Å²) in [5.74, 6) is 3.92. The molecule has 174 valence electrons. The number of nitrogens with one attached hydrogen (secondary N) is 1. The van der Waals surface area contributed by atoms with Crippen LogP contribution in [0.3, 0.4) is 0 Å². The Balaban J connectivity index is 1.11. The maximum absolute atomic E-state index is 13.0. The van der Waals surface area contributed by atoms with E-state index in [1.54, 1.807) is 6.33 Å². The molecule has 5 saturated carbocycles. The van der Waals surface area contributed by atoms with E-state index in [0.29, 0.717) is 19.0 Å². The fourth-order valence-electron chi connectivity index (χ4n) is 8.30. The fraction of sp³-hybridized carbons (Fsp3) is 0.808. The molecule has 1 aromatic rings. The van der Waals surface area contributed by atoms with Crippen LogP contribution >= 0.6 is 0 Å². The topological polar surface area (TPSA) is 78.4 Å². The Labute approximate surface area is 191 Å². The molecular weight excluding hydrogens is 400 g/mol. The van der Waals surface area contributed by atoms with Gasteiger partial charge in [0.25, 0.3) is 0 Å². The van der Waals surface area contributed by atoms with Crippen LogP contribution in [0.25, 0.3) is 0 Å². The van der Waals surface area contributed by atoms with Gasteiger partial charge in [0, 0.05) is 24.6 Å². The molecule has 6 heteroatoms. The molecule has 1 amide bonds. The summed E-state index contributed by atoms with van der Waals surface area (Å²) in [5, 5.41) is 14.8. The normalized spacial score (nSPS) is 34.9. The van der Waals surface area contributed by atoms with Crippen LogP contribution in [0.5, 0.6) is 0 Å². The Hall–Kier alpha value is -1.69. The Morgan fingerprint density at radius 2 is 1.78 bits per heavy atom. The van der Waals surface area contributed by atoms with Crippen LogP contribution in [0.4, 0.5) is 5.82 Å². The van der Waals surface area contributed by atoms with Crippen molar-refractivity contribution in [2.75, 3.05) is 18.4 Å². The van der Waals surface area contributed by atoms with E-state index in [4.69, 9.17) is 0 Å². The summed E-state index contributed by atoms with van der Waals surface area (Å²) in [6.45, 7) is 1.92. The number of fused-ring (bicyclic) bond motifs is 1. The molecule has 6 nitrogen and oxygen atoms in total. The Morgan fingerprint density at radius 1 is 1.09 bits per heavy atom. The number of nitrogens with zero attached hydrogens (tertiary/aromatic N) is 3. The van der Waals surface area contributed by atoms with E-state index < -0.39 is 0 Å². The highest BCUT2D eigenvalue weighted by molar-refractivity contribution is 5.79. The highest BCUT2D eigenvalue weighted by Gasteiger charge is 2.53.